The summed E-state index contributed by atoms with van der Waals surface area (Å²) in [5, 5.41) is 0. The quantitative estimate of drug-likeness (QED) is 0.876. The summed E-state index contributed by atoms with van der Waals surface area (Å²) in [6.45, 7) is 2.31. The van der Waals surface area contributed by atoms with Crippen LogP contribution in [0.4, 0.5) is 0 Å². The third-order valence-electron chi connectivity index (χ3n) is 3.38. The second-order valence-electron chi connectivity index (χ2n) is 4.41. The van der Waals surface area contributed by atoms with Crippen LogP contribution in [0.5, 0.6) is 5.75 Å². The summed E-state index contributed by atoms with van der Waals surface area (Å²) in [6, 6.07) is 8.25. The van der Waals surface area contributed by atoms with E-state index in [1.165, 1.54) is 5.56 Å². The topological polar surface area (TPSA) is 55.6 Å². The molecule has 5 heteroatoms. The molecule has 1 aliphatic heterocycles. The standard InChI is InChI=1S/C13H20N2O2S/c1-17-12-4-2-11(3-5-12)13(10-14)15-6-8-18(16)9-7-15/h2-5,13H,6-10,14H2,1H3. The summed E-state index contributed by atoms with van der Waals surface area (Å²) in [5.41, 5.74) is 7.09. The number of methoxy groups -OCH3 is 1. The van der Waals surface area contributed by atoms with E-state index in [9.17, 15) is 4.21 Å². The first-order valence-corrected chi connectivity index (χ1v) is 7.66. The van der Waals surface area contributed by atoms with Gasteiger partial charge in [0.25, 0.3) is 0 Å². The van der Waals surface area contributed by atoms with Gasteiger partial charge in [0.05, 0.1) is 7.11 Å². The molecule has 1 aliphatic rings. The maximum absolute atomic E-state index is 11.4. The zero-order valence-electron chi connectivity index (χ0n) is 10.7. The highest BCUT2D eigenvalue weighted by atomic mass is 32.2. The minimum atomic E-state index is -0.643. The molecule has 1 unspecified atom stereocenters. The van der Waals surface area contributed by atoms with E-state index in [-0.39, 0.29) is 6.04 Å². The predicted molar refractivity (Wildman–Crippen MR) is 74.2 cm³/mol. The zero-order valence-corrected chi connectivity index (χ0v) is 11.5. The van der Waals surface area contributed by atoms with Crippen molar-refractivity contribution >= 4 is 10.8 Å². The number of ether oxygens (including phenoxy) is 1. The first-order valence-electron chi connectivity index (χ1n) is 6.17. The second kappa shape index (κ2) is 6.31. The Bertz CT molecular complexity index is 398. The largest absolute Gasteiger partial charge is 0.497 e. The molecular formula is C13H20N2O2S. The van der Waals surface area contributed by atoms with Crippen LogP contribution in [0.1, 0.15) is 11.6 Å². The average Bonchev–Trinajstić information content (AvgIpc) is 2.42. The van der Waals surface area contributed by atoms with Crippen molar-refractivity contribution in [2.45, 2.75) is 6.04 Å². The molecule has 1 heterocycles. The van der Waals surface area contributed by atoms with Crippen LogP contribution in [0.2, 0.25) is 0 Å². The number of hydrogen-bond acceptors (Lipinski definition) is 4. The number of nitrogens with zero attached hydrogens (tertiary/aromatic N) is 1. The Morgan fingerprint density at radius 2 is 1.94 bits per heavy atom. The van der Waals surface area contributed by atoms with Gasteiger partial charge >= 0.3 is 0 Å². The van der Waals surface area contributed by atoms with E-state index in [1.807, 2.05) is 12.1 Å². The Morgan fingerprint density at radius 1 is 1.33 bits per heavy atom. The summed E-state index contributed by atoms with van der Waals surface area (Å²) in [6.07, 6.45) is 0. The van der Waals surface area contributed by atoms with Gasteiger partial charge in [-0.25, -0.2) is 0 Å². The van der Waals surface area contributed by atoms with Gasteiger partial charge in [-0.15, -0.1) is 0 Å². The molecule has 0 aromatic heterocycles. The van der Waals surface area contributed by atoms with Crippen LogP contribution in [0, 0.1) is 0 Å². The molecule has 0 amide bonds. The zero-order chi connectivity index (χ0) is 13.0. The third kappa shape index (κ3) is 3.10. The van der Waals surface area contributed by atoms with E-state index in [0.717, 1.165) is 30.3 Å². The smallest absolute Gasteiger partial charge is 0.118 e. The van der Waals surface area contributed by atoms with Crippen LogP contribution in [0.3, 0.4) is 0 Å². The number of hydrogen-bond donors (Lipinski definition) is 1. The van der Waals surface area contributed by atoms with Gasteiger partial charge in [0.2, 0.25) is 0 Å². The van der Waals surface area contributed by atoms with Crippen molar-refractivity contribution in [1.82, 2.24) is 4.90 Å². The molecular weight excluding hydrogens is 248 g/mol. The molecule has 4 nitrogen and oxygen atoms in total. The Morgan fingerprint density at radius 3 is 2.44 bits per heavy atom. The van der Waals surface area contributed by atoms with Crippen LogP contribution >= 0.6 is 0 Å². The van der Waals surface area contributed by atoms with Gasteiger partial charge in [0, 0.05) is 48.0 Å². The highest BCUT2D eigenvalue weighted by Gasteiger charge is 2.23. The fourth-order valence-corrected chi connectivity index (χ4v) is 3.37. The van der Waals surface area contributed by atoms with Crippen LogP contribution in [0.25, 0.3) is 0 Å². The van der Waals surface area contributed by atoms with Gasteiger partial charge in [-0.3, -0.25) is 9.11 Å². The van der Waals surface area contributed by atoms with E-state index >= 15 is 0 Å². The molecule has 0 radical (unpaired) electrons. The van der Waals surface area contributed by atoms with Crippen molar-refractivity contribution in [3.05, 3.63) is 29.8 Å². The maximum Gasteiger partial charge on any atom is 0.118 e. The minimum Gasteiger partial charge on any atom is -0.497 e. The fraction of sp³-hybridized carbons (Fsp3) is 0.538. The van der Waals surface area contributed by atoms with Gasteiger partial charge in [0.15, 0.2) is 0 Å². The molecule has 1 aromatic carbocycles. The Hall–Kier alpha value is -0.910. The third-order valence-corrected chi connectivity index (χ3v) is 4.65. The van der Waals surface area contributed by atoms with Crippen molar-refractivity contribution in [1.29, 1.82) is 0 Å². The van der Waals surface area contributed by atoms with Crippen LogP contribution in [0.15, 0.2) is 24.3 Å². The van der Waals surface area contributed by atoms with E-state index in [2.05, 4.69) is 17.0 Å². The molecule has 2 rings (SSSR count). The lowest BCUT2D eigenvalue weighted by Gasteiger charge is -2.33. The maximum atomic E-state index is 11.4. The Balaban J connectivity index is 2.09. The summed E-state index contributed by atoms with van der Waals surface area (Å²) in [4.78, 5) is 2.32. The van der Waals surface area contributed by atoms with Gasteiger partial charge in [-0.05, 0) is 17.7 Å². The average molecular weight is 268 g/mol. The summed E-state index contributed by atoms with van der Waals surface area (Å²) < 4.78 is 16.5. The molecule has 100 valence electrons. The lowest BCUT2D eigenvalue weighted by atomic mass is 10.1. The monoisotopic (exact) mass is 268 g/mol. The van der Waals surface area contributed by atoms with Crippen LogP contribution in [-0.2, 0) is 10.8 Å². The lowest BCUT2D eigenvalue weighted by Crippen LogP contribution is -2.42. The van der Waals surface area contributed by atoms with Gasteiger partial charge < -0.3 is 10.5 Å². The molecule has 1 aromatic rings. The number of rotatable bonds is 4. The minimum absolute atomic E-state index is 0.216. The van der Waals surface area contributed by atoms with Crippen molar-refractivity contribution in [2.24, 2.45) is 5.73 Å². The van der Waals surface area contributed by atoms with E-state index < -0.39 is 10.8 Å². The highest BCUT2D eigenvalue weighted by Crippen LogP contribution is 2.23. The van der Waals surface area contributed by atoms with E-state index in [0.29, 0.717) is 6.54 Å². The molecule has 0 aliphatic carbocycles. The number of nitrogens with two attached hydrogens (primary N) is 1. The van der Waals surface area contributed by atoms with Crippen LogP contribution < -0.4 is 10.5 Å². The second-order valence-corrected chi connectivity index (χ2v) is 6.10. The van der Waals surface area contributed by atoms with Gasteiger partial charge in [0.1, 0.15) is 5.75 Å². The SMILES string of the molecule is COc1ccc(C(CN)N2CCS(=O)CC2)cc1. The predicted octanol–water partition coefficient (Wildman–Crippen LogP) is 0.759. The highest BCUT2D eigenvalue weighted by molar-refractivity contribution is 7.85. The molecule has 1 fully saturated rings. The summed E-state index contributed by atoms with van der Waals surface area (Å²) in [7, 11) is 1.02. The first kappa shape index (κ1) is 13.5. The summed E-state index contributed by atoms with van der Waals surface area (Å²) >= 11 is 0. The van der Waals surface area contributed by atoms with Crippen molar-refractivity contribution in [3.8, 4) is 5.75 Å². The first-order chi connectivity index (χ1) is 8.74. The molecule has 2 N–H and O–H groups in total. The van der Waals surface area contributed by atoms with Crippen molar-refractivity contribution < 1.29 is 8.95 Å². The van der Waals surface area contributed by atoms with E-state index in [1.54, 1.807) is 7.11 Å². The van der Waals surface area contributed by atoms with Gasteiger partial charge in [-0.1, -0.05) is 12.1 Å². The Labute approximate surface area is 111 Å². The molecule has 0 bridgehead atoms. The molecule has 1 saturated heterocycles. The molecule has 0 spiro atoms. The van der Waals surface area contributed by atoms with Gasteiger partial charge in [-0.2, -0.15) is 0 Å². The van der Waals surface area contributed by atoms with E-state index in [4.69, 9.17) is 10.5 Å². The van der Waals surface area contributed by atoms with Crippen molar-refractivity contribution in [3.63, 3.8) is 0 Å². The molecule has 1 atom stereocenters. The van der Waals surface area contributed by atoms with Crippen LogP contribution in [-0.4, -0.2) is 47.4 Å². The fourth-order valence-electron chi connectivity index (χ4n) is 2.29. The normalized spacial score (nSPS) is 19.7. The molecule has 18 heavy (non-hydrogen) atoms. The number of benzene rings is 1. The van der Waals surface area contributed by atoms with Crippen molar-refractivity contribution in [2.75, 3.05) is 38.2 Å². The summed E-state index contributed by atoms with van der Waals surface area (Å²) in [5.74, 6) is 2.37. The molecule has 0 saturated carbocycles. The Kier molecular flexibility index (Phi) is 4.74. The lowest BCUT2D eigenvalue weighted by molar-refractivity contribution is 0.221.